The zero-order valence-corrected chi connectivity index (χ0v) is 10.2. The summed E-state index contributed by atoms with van der Waals surface area (Å²) in [6.45, 7) is 0. The third kappa shape index (κ3) is 3.05. The van der Waals surface area contributed by atoms with Gasteiger partial charge in [-0.05, 0) is 42.5 Å². The highest BCUT2D eigenvalue weighted by atomic mass is 35.5. The third-order valence-electron chi connectivity index (χ3n) is 2.45. The van der Waals surface area contributed by atoms with Crippen molar-refractivity contribution in [3.8, 4) is 0 Å². The molecule has 18 heavy (non-hydrogen) atoms. The Labute approximate surface area is 110 Å². The van der Waals surface area contributed by atoms with Crippen LogP contribution in [0.2, 0.25) is 5.02 Å². The van der Waals surface area contributed by atoms with Gasteiger partial charge in [-0.1, -0.05) is 29.8 Å². The van der Waals surface area contributed by atoms with Crippen LogP contribution >= 0.6 is 11.6 Å². The first-order valence-electron chi connectivity index (χ1n) is 5.39. The van der Waals surface area contributed by atoms with E-state index in [0.29, 0.717) is 16.1 Å². The van der Waals surface area contributed by atoms with Gasteiger partial charge in [0.2, 0.25) is 0 Å². The largest absolute Gasteiger partial charge is 0.289 e. The van der Waals surface area contributed by atoms with Crippen LogP contribution in [0.3, 0.4) is 0 Å². The second-order valence-corrected chi connectivity index (χ2v) is 4.16. The molecule has 3 heteroatoms. The fourth-order valence-electron chi connectivity index (χ4n) is 1.49. The van der Waals surface area contributed by atoms with E-state index in [2.05, 4.69) is 0 Å². The van der Waals surface area contributed by atoms with Crippen LogP contribution in [0.5, 0.6) is 0 Å². The average Bonchev–Trinajstić information content (AvgIpc) is 2.38. The van der Waals surface area contributed by atoms with Gasteiger partial charge in [0.25, 0.3) is 0 Å². The van der Waals surface area contributed by atoms with Gasteiger partial charge in [0.1, 0.15) is 5.82 Å². The maximum Gasteiger partial charge on any atom is 0.185 e. The maximum absolute atomic E-state index is 13.3. The standard InChI is InChI=1S/C15H10ClFO/c16-13-8-5-12(6-9-13)15(18)10-7-11-3-1-2-4-14(11)17/h1-10H. The second-order valence-electron chi connectivity index (χ2n) is 3.73. The van der Waals surface area contributed by atoms with E-state index >= 15 is 0 Å². The van der Waals surface area contributed by atoms with Gasteiger partial charge >= 0.3 is 0 Å². The Hall–Kier alpha value is -1.93. The molecule has 2 aromatic rings. The normalized spacial score (nSPS) is 10.8. The van der Waals surface area contributed by atoms with E-state index in [-0.39, 0.29) is 11.6 Å². The lowest BCUT2D eigenvalue weighted by Gasteiger charge is -1.97. The number of ketones is 1. The molecule has 0 bridgehead atoms. The van der Waals surface area contributed by atoms with Crippen LogP contribution in [0.1, 0.15) is 15.9 Å². The molecule has 2 rings (SSSR count). The Balaban J connectivity index is 2.17. The van der Waals surface area contributed by atoms with E-state index < -0.39 is 0 Å². The topological polar surface area (TPSA) is 17.1 Å². The summed E-state index contributed by atoms with van der Waals surface area (Å²) >= 11 is 5.73. The second kappa shape index (κ2) is 5.61. The van der Waals surface area contributed by atoms with Crippen molar-refractivity contribution in [2.24, 2.45) is 0 Å². The van der Waals surface area contributed by atoms with Crippen molar-refractivity contribution < 1.29 is 9.18 Å². The number of halogens is 2. The summed E-state index contributed by atoms with van der Waals surface area (Å²) in [6.07, 6.45) is 2.81. The summed E-state index contributed by atoms with van der Waals surface area (Å²) in [7, 11) is 0. The maximum atomic E-state index is 13.3. The van der Waals surface area contributed by atoms with Gasteiger partial charge in [0.15, 0.2) is 5.78 Å². The van der Waals surface area contributed by atoms with Crippen molar-refractivity contribution in [2.45, 2.75) is 0 Å². The Morgan fingerprint density at radius 1 is 1.06 bits per heavy atom. The number of hydrogen-bond donors (Lipinski definition) is 0. The molecular weight excluding hydrogens is 251 g/mol. The molecule has 0 heterocycles. The summed E-state index contributed by atoms with van der Waals surface area (Å²) in [5.41, 5.74) is 0.909. The van der Waals surface area contributed by atoms with E-state index in [1.807, 2.05) is 0 Å². The Morgan fingerprint density at radius 2 is 1.72 bits per heavy atom. The lowest BCUT2D eigenvalue weighted by atomic mass is 10.1. The zero-order valence-electron chi connectivity index (χ0n) is 9.44. The van der Waals surface area contributed by atoms with Crippen molar-refractivity contribution in [1.29, 1.82) is 0 Å². The number of rotatable bonds is 3. The first-order valence-corrected chi connectivity index (χ1v) is 5.77. The number of carbonyl (C=O) groups is 1. The molecule has 0 spiro atoms. The summed E-state index contributed by atoms with van der Waals surface area (Å²) in [5.74, 6) is -0.535. The highest BCUT2D eigenvalue weighted by molar-refractivity contribution is 6.30. The predicted molar refractivity (Wildman–Crippen MR) is 71.2 cm³/mol. The predicted octanol–water partition coefficient (Wildman–Crippen LogP) is 4.38. The van der Waals surface area contributed by atoms with Crippen molar-refractivity contribution in [2.75, 3.05) is 0 Å². The van der Waals surface area contributed by atoms with Crippen molar-refractivity contribution in [3.63, 3.8) is 0 Å². The van der Waals surface area contributed by atoms with Gasteiger partial charge in [0, 0.05) is 16.1 Å². The molecule has 0 saturated carbocycles. The molecule has 0 saturated heterocycles. The van der Waals surface area contributed by atoms with Gasteiger partial charge in [-0.2, -0.15) is 0 Å². The van der Waals surface area contributed by atoms with Crippen molar-refractivity contribution in [1.82, 2.24) is 0 Å². The smallest absolute Gasteiger partial charge is 0.185 e. The third-order valence-corrected chi connectivity index (χ3v) is 2.70. The molecule has 2 aromatic carbocycles. The zero-order chi connectivity index (χ0) is 13.0. The SMILES string of the molecule is O=C(C=Cc1ccccc1F)c1ccc(Cl)cc1. The van der Waals surface area contributed by atoms with Crippen LogP contribution in [-0.2, 0) is 0 Å². The molecule has 0 radical (unpaired) electrons. The quantitative estimate of drug-likeness (QED) is 0.591. The minimum Gasteiger partial charge on any atom is -0.289 e. The summed E-state index contributed by atoms with van der Waals surface area (Å²) < 4.78 is 13.3. The fraction of sp³-hybridized carbons (Fsp3) is 0. The fourth-order valence-corrected chi connectivity index (χ4v) is 1.61. The van der Waals surface area contributed by atoms with Gasteiger partial charge in [0.05, 0.1) is 0 Å². The molecule has 1 nitrogen and oxygen atoms in total. The number of hydrogen-bond acceptors (Lipinski definition) is 1. The molecule has 0 aromatic heterocycles. The van der Waals surface area contributed by atoms with Crippen LogP contribution < -0.4 is 0 Å². The van der Waals surface area contributed by atoms with Crippen LogP contribution in [0.15, 0.2) is 54.6 Å². The first-order chi connectivity index (χ1) is 8.66. The molecule has 0 aliphatic rings. The lowest BCUT2D eigenvalue weighted by molar-refractivity contribution is 0.104. The van der Waals surface area contributed by atoms with Gasteiger partial charge in [-0.15, -0.1) is 0 Å². The van der Waals surface area contributed by atoms with Crippen LogP contribution in [0, 0.1) is 5.82 Å². The molecule has 0 fully saturated rings. The van der Waals surface area contributed by atoms with Gasteiger partial charge < -0.3 is 0 Å². The van der Waals surface area contributed by atoms with Gasteiger partial charge in [-0.3, -0.25) is 4.79 Å². The molecular formula is C15H10ClFO. The Morgan fingerprint density at radius 3 is 2.39 bits per heavy atom. The highest BCUT2D eigenvalue weighted by Gasteiger charge is 2.02. The van der Waals surface area contributed by atoms with Crippen molar-refractivity contribution in [3.05, 3.63) is 76.6 Å². The molecule has 0 aliphatic heterocycles. The summed E-state index contributed by atoms with van der Waals surface area (Å²) in [6, 6.07) is 12.8. The van der Waals surface area contributed by atoms with Crippen LogP contribution in [0.25, 0.3) is 6.08 Å². The monoisotopic (exact) mass is 260 g/mol. The van der Waals surface area contributed by atoms with Crippen molar-refractivity contribution >= 4 is 23.5 Å². The molecule has 90 valence electrons. The lowest BCUT2D eigenvalue weighted by Crippen LogP contribution is -1.93. The van der Waals surface area contributed by atoms with E-state index in [1.54, 1.807) is 42.5 Å². The number of carbonyl (C=O) groups excluding carboxylic acids is 1. The average molecular weight is 261 g/mol. The Bertz CT molecular complexity index is 588. The minimum absolute atomic E-state index is 0.185. The molecule has 0 amide bonds. The first kappa shape index (κ1) is 12.5. The molecule has 0 unspecified atom stereocenters. The Kier molecular flexibility index (Phi) is 3.90. The van der Waals surface area contributed by atoms with Gasteiger partial charge in [-0.25, -0.2) is 4.39 Å². The minimum atomic E-state index is -0.349. The number of allylic oxidation sites excluding steroid dienone is 1. The summed E-state index contributed by atoms with van der Waals surface area (Å²) in [5, 5.41) is 0.574. The van der Waals surface area contributed by atoms with E-state index in [1.165, 1.54) is 18.2 Å². The van der Waals surface area contributed by atoms with E-state index in [9.17, 15) is 9.18 Å². The molecule has 0 N–H and O–H groups in total. The summed E-state index contributed by atoms with van der Waals surface area (Å²) in [4.78, 5) is 11.8. The van der Waals surface area contributed by atoms with E-state index in [4.69, 9.17) is 11.6 Å². The number of benzene rings is 2. The van der Waals surface area contributed by atoms with Crippen LogP contribution in [-0.4, -0.2) is 5.78 Å². The highest BCUT2D eigenvalue weighted by Crippen LogP contribution is 2.12. The molecule has 0 aliphatic carbocycles. The molecule has 0 atom stereocenters. The van der Waals surface area contributed by atoms with Crippen LogP contribution in [0.4, 0.5) is 4.39 Å². The van der Waals surface area contributed by atoms with E-state index in [0.717, 1.165) is 0 Å².